The summed E-state index contributed by atoms with van der Waals surface area (Å²) in [5.74, 6) is 1.17. The van der Waals surface area contributed by atoms with Gasteiger partial charge in [0.1, 0.15) is 11.5 Å². The molecule has 0 aliphatic heterocycles. The van der Waals surface area contributed by atoms with Crippen LogP contribution in [0.2, 0.25) is 0 Å². The number of benzene rings is 2. The van der Waals surface area contributed by atoms with Crippen molar-refractivity contribution in [3.05, 3.63) is 54.7 Å². The molecule has 1 aromatic heterocycles. The molecule has 4 heteroatoms. The van der Waals surface area contributed by atoms with Crippen molar-refractivity contribution in [3.63, 3.8) is 0 Å². The van der Waals surface area contributed by atoms with E-state index < -0.39 is 0 Å². The van der Waals surface area contributed by atoms with E-state index in [0.29, 0.717) is 22.8 Å². The third-order valence-corrected chi connectivity index (χ3v) is 2.77. The Bertz CT molecular complexity index is 719. The van der Waals surface area contributed by atoms with Crippen molar-refractivity contribution >= 4 is 0 Å². The topological polar surface area (TPSA) is 66.5 Å². The highest BCUT2D eigenvalue weighted by Gasteiger charge is 2.11. The van der Waals surface area contributed by atoms with Crippen LogP contribution >= 0.6 is 0 Å². The SMILES string of the molecule is Oc1cccc(-c2ncc(-c3ccccc3O)o2)c1. The molecule has 0 saturated heterocycles. The van der Waals surface area contributed by atoms with Gasteiger partial charge in [0.05, 0.1) is 11.8 Å². The third kappa shape index (κ3) is 2.15. The van der Waals surface area contributed by atoms with Gasteiger partial charge in [0, 0.05) is 5.56 Å². The van der Waals surface area contributed by atoms with E-state index >= 15 is 0 Å². The number of oxazole rings is 1. The Morgan fingerprint density at radius 3 is 2.58 bits per heavy atom. The highest BCUT2D eigenvalue weighted by Crippen LogP contribution is 2.32. The van der Waals surface area contributed by atoms with Gasteiger partial charge in [0.25, 0.3) is 0 Å². The molecule has 0 atom stereocenters. The molecule has 2 aromatic carbocycles. The van der Waals surface area contributed by atoms with Crippen molar-refractivity contribution in [2.24, 2.45) is 0 Å². The zero-order chi connectivity index (χ0) is 13.2. The van der Waals surface area contributed by atoms with Crippen LogP contribution < -0.4 is 0 Å². The zero-order valence-electron chi connectivity index (χ0n) is 9.95. The van der Waals surface area contributed by atoms with Crippen molar-refractivity contribution < 1.29 is 14.6 Å². The van der Waals surface area contributed by atoms with Crippen LogP contribution in [0.5, 0.6) is 11.5 Å². The summed E-state index contributed by atoms with van der Waals surface area (Å²) in [7, 11) is 0. The second-order valence-electron chi connectivity index (χ2n) is 4.10. The molecule has 0 fully saturated rings. The van der Waals surface area contributed by atoms with Gasteiger partial charge in [-0.05, 0) is 30.3 Å². The normalized spacial score (nSPS) is 10.5. The van der Waals surface area contributed by atoms with E-state index in [1.54, 1.807) is 48.7 Å². The summed E-state index contributed by atoms with van der Waals surface area (Å²) in [5, 5.41) is 19.2. The Morgan fingerprint density at radius 2 is 1.79 bits per heavy atom. The van der Waals surface area contributed by atoms with Gasteiger partial charge in [-0.2, -0.15) is 0 Å². The van der Waals surface area contributed by atoms with Crippen LogP contribution in [-0.4, -0.2) is 15.2 Å². The van der Waals surface area contributed by atoms with Gasteiger partial charge < -0.3 is 14.6 Å². The first-order valence-electron chi connectivity index (χ1n) is 5.77. The molecule has 2 N–H and O–H groups in total. The smallest absolute Gasteiger partial charge is 0.226 e. The summed E-state index contributed by atoms with van der Waals surface area (Å²) in [4.78, 5) is 4.16. The number of aromatic hydroxyl groups is 2. The Labute approximate surface area is 109 Å². The molecular weight excluding hydrogens is 242 g/mol. The summed E-state index contributed by atoms with van der Waals surface area (Å²) >= 11 is 0. The van der Waals surface area contributed by atoms with Crippen molar-refractivity contribution in [2.75, 3.05) is 0 Å². The summed E-state index contributed by atoms with van der Waals surface area (Å²) in [5.41, 5.74) is 1.27. The number of para-hydroxylation sites is 1. The number of phenolic OH excluding ortho intramolecular Hbond substituents is 2. The van der Waals surface area contributed by atoms with E-state index in [4.69, 9.17) is 4.42 Å². The van der Waals surface area contributed by atoms with E-state index in [1.165, 1.54) is 0 Å². The van der Waals surface area contributed by atoms with Crippen LogP contribution in [-0.2, 0) is 0 Å². The molecule has 1 heterocycles. The summed E-state index contributed by atoms with van der Waals surface area (Å²) < 4.78 is 5.61. The highest BCUT2D eigenvalue weighted by atomic mass is 16.4. The Kier molecular flexibility index (Phi) is 2.68. The average molecular weight is 253 g/mol. The second-order valence-corrected chi connectivity index (χ2v) is 4.10. The van der Waals surface area contributed by atoms with E-state index in [-0.39, 0.29) is 11.5 Å². The lowest BCUT2D eigenvalue weighted by Crippen LogP contribution is -1.76. The van der Waals surface area contributed by atoms with E-state index in [9.17, 15) is 10.2 Å². The van der Waals surface area contributed by atoms with Crippen LogP contribution in [0.4, 0.5) is 0 Å². The maximum atomic E-state index is 9.76. The number of rotatable bonds is 2. The van der Waals surface area contributed by atoms with E-state index in [0.717, 1.165) is 0 Å². The maximum Gasteiger partial charge on any atom is 0.226 e. The molecule has 0 aliphatic carbocycles. The fraction of sp³-hybridized carbons (Fsp3) is 0. The van der Waals surface area contributed by atoms with E-state index in [1.807, 2.05) is 6.07 Å². The minimum Gasteiger partial charge on any atom is -0.508 e. The molecule has 0 aliphatic rings. The summed E-state index contributed by atoms with van der Waals surface area (Å²) in [6, 6.07) is 13.6. The van der Waals surface area contributed by atoms with Crippen LogP contribution in [0.25, 0.3) is 22.8 Å². The van der Waals surface area contributed by atoms with Crippen LogP contribution in [0.3, 0.4) is 0 Å². The number of phenols is 2. The van der Waals surface area contributed by atoms with Crippen molar-refractivity contribution in [3.8, 4) is 34.3 Å². The fourth-order valence-electron chi connectivity index (χ4n) is 1.85. The largest absolute Gasteiger partial charge is 0.508 e. The third-order valence-electron chi connectivity index (χ3n) is 2.77. The van der Waals surface area contributed by atoms with Gasteiger partial charge in [0.15, 0.2) is 5.76 Å². The molecule has 0 saturated carbocycles. The molecule has 0 amide bonds. The van der Waals surface area contributed by atoms with Crippen LogP contribution in [0.15, 0.2) is 59.1 Å². The predicted octanol–water partition coefficient (Wildman–Crippen LogP) is 3.42. The van der Waals surface area contributed by atoms with Gasteiger partial charge in [-0.3, -0.25) is 0 Å². The van der Waals surface area contributed by atoms with Crippen molar-refractivity contribution in [1.82, 2.24) is 4.98 Å². The quantitative estimate of drug-likeness (QED) is 0.734. The van der Waals surface area contributed by atoms with Gasteiger partial charge >= 0.3 is 0 Å². The van der Waals surface area contributed by atoms with Gasteiger partial charge in [-0.1, -0.05) is 18.2 Å². The first-order valence-corrected chi connectivity index (χ1v) is 5.77. The van der Waals surface area contributed by atoms with Gasteiger partial charge in [-0.15, -0.1) is 0 Å². The van der Waals surface area contributed by atoms with Crippen LogP contribution in [0.1, 0.15) is 0 Å². The molecule has 0 radical (unpaired) electrons. The Morgan fingerprint density at radius 1 is 0.947 bits per heavy atom. The lowest BCUT2D eigenvalue weighted by Gasteiger charge is -1.99. The summed E-state index contributed by atoms with van der Waals surface area (Å²) in [6.07, 6.45) is 1.55. The Balaban J connectivity index is 2.03. The molecule has 0 spiro atoms. The number of aromatic nitrogens is 1. The maximum absolute atomic E-state index is 9.76. The monoisotopic (exact) mass is 253 g/mol. The molecule has 0 bridgehead atoms. The van der Waals surface area contributed by atoms with E-state index in [2.05, 4.69) is 4.98 Å². The molecule has 4 nitrogen and oxygen atoms in total. The van der Waals surface area contributed by atoms with Crippen molar-refractivity contribution in [2.45, 2.75) is 0 Å². The molecule has 3 rings (SSSR count). The minimum atomic E-state index is 0.140. The first kappa shape index (κ1) is 11.3. The standard InChI is InChI=1S/C15H11NO3/c17-11-5-3-4-10(8-11)15-16-9-14(19-15)12-6-1-2-7-13(12)18/h1-9,17-18H. The predicted molar refractivity (Wildman–Crippen MR) is 70.7 cm³/mol. The van der Waals surface area contributed by atoms with Gasteiger partial charge in [-0.25, -0.2) is 4.98 Å². The number of nitrogens with zero attached hydrogens (tertiary/aromatic N) is 1. The minimum absolute atomic E-state index is 0.140. The molecule has 94 valence electrons. The fourth-order valence-corrected chi connectivity index (χ4v) is 1.85. The zero-order valence-corrected chi connectivity index (χ0v) is 9.95. The van der Waals surface area contributed by atoms with Crippen LogP contribution in [0, 0.1) is 0 Å². The first-order chi connectivity index (χ1) is 9.24. The lowest BCUT2D eigenvalue weighted by molar-refractivity contribution is 0.472. The highest BCUT2D eigenvalue weighted by molar-refractivity contribution is 5.66. The Hall–Kier alpha value is -2.75. The number of hydrogen-bond donors (Lipinski definition) is 2. The molecular formula is C15H11NO3. The molecule has 0 unspecified atom stereocenters. The number of hydrogen-bond acceptors (Lipinski definition) is 4. The lowest BCUT2D eigenvalue weighted by atomic mass is 10.2. The second kappa shape index (κ2) is 4.49. The molecule has 3 aromatic rings. The van der Waals surface area contributed by atoms with Crippen molar-refractivity contribution in [1.29, 1.82) is 0 Å². The summed E-state index contributed by atoms with van der Waals surface area (Å²) in [6.45, 7) is 0. The average Bonchev–Trinajstić information content (AvgIpc) is 2.89. The molecule has 19 heavy (non-hydrogen) atoms. The van der Waals surface area contributed by atoms with Gasteiger partial charge in [0.2, 0.25) is 5.89 Å².